The van der Waals surface area contributed by atoms with Gasteiger partial charge in [0.05, 0.1) is 12.6 Å². The van der Waals surface area contributed by atoms with Crippen LogP contribution >= 0.6 is 0 Å². The van der Waals surface area contributed by atoms with E-state index in [-0.39, 0.29) is 12.6 Å². The van der Waals surface area contributed by atoms with E-state index in [9.17, 15) is 8.78 Å². The molecule has 0 radical (unpaired) electrons. The quantitative estimate of drug-likeness (QED) is 0.776. The fraction of sp³-hybridized carbons (Fsp3) is 0.417. The van der Waals surface area contributed by atoms with Gasteiger partial charge in [0.2, 0.25) is 0 Å². The maximum absolute atomic E-state index is 13.4. The third-order valence-corrected chi connectivity index (χ3v) is 2.93. The van der Waals surface area contributed by atoms with Crippen LogP contribution in [0.25, 0.3) is 0 Å². The minimum absolute atomic E-state index is 0.147. The van der Waals surface area contributed by atoms with Crippen LogP contribution in [-0.4, -0.2) is 12.6 Å². The molecule has 16 heavy (non-hydrogen) atoms. The van der Waals surface area contributed by atoms with Crippen LogP contribution in [0.5, 0.6) is 0 Å². The van der Waals surface area contributed by atoms with E-state index >= 15 is 0 Å². The van der Waals surface area contributed by atoms with Gasteiger partial charge >= 0.3 is 0 Å². The van der Waals surface area contributed by atoms with E-state index in [2.05, 4.69) is 5.32 Å². The molecule has 2 rings (SSSR count). The molecule has 1 aromatic rings. The number of rotatable bonds is 2. The predicted octanol–water partition coefficient (Wildman–Crippen LogP) is 1.94. The first kappa shape index (κ1) is 11.0. The van der Waals surface area contributed by atoms with E-state index in [1.54, 1.807) is 0 Å². The summed E-state index contributed by atoms with van der Waals surface area (Å²) in [7, 11) is 0. The van der Waals surface area contributed by atoms with Crippen molar-refractivity contribution in [3.05, 3.63) is 34.9 Å². The molecule has 1 aromatic carbocycles. The zero-order chi connectivity index (χ0) is 11.5. The Hall–Kier alpha value is -1.47. The van der Waals surface area contributed by atoms with Crippen molar-refractivity contribution in [1.29, 1.82) is 5.26 Å². The normalized spacial score (nSPS) is 18.9. The van der Waals surface area contributed by atoms with Gasteiger partial charge in [0.1, 0.15) is 11.6 Å². The Labute approximate surface area is 92.9 Å². The first-order valence-electron chi connectivity index (χ1n) is 5.28. The van der Waals surface area contributed by atoms with Crippen LogP contribution < -0.4 is 5.32 Å². The Bertz CT molecular complexity index is 437. The van der Waals surface area contributed by atoms with E-state index in [1.807, 2.05) is 6.07 Å². The van der Waals surface area contributed by atoms with Crippen molar-refractivity contribution in [2.45, 2.75) is 25.3 Å². The van der Waals surface area contributed by atoms with E-state index in [1.165, 1.54) is 6.07 Å². The Morgan fingerprint density at radius 1 is 1.44 bits per heavy atom. The number of fused-ring (bicyclic) bond motifs is 1. The lowest BCUT2D eigenvalue weighted by molar-refractivity contribution is 0.463. The van der Waals surface area contributed by atoms with Crippen molar-refractivity contribution in [1.82, 2.24) is 5.32 Å². The molecule has 0 heterocycles. The van der Waals surface area contributed by atoms with Crippen LogP contribution in [0.2, 0.25) is 0 Å². The minimum Gasteiger partial charge on any atom is -0.301 e. The lowest BCUT2D eigenvalue weighted by Gasteiger charge is -2.25. The molecule has 0 bridgehead atoms. The summed E-state index contributed by atoms with van der Waals surface area (Å²) in [5.41, 5.74) is 1.34. The molecule has 0 aliphatic heterocycles. The fourth-order valence-electron chi connectivity index (χ4n) is 2.17. The van der Waals surface area contributed by atoms with E-state index in [0.717, 1.165) is 18.1 Å². The van der Waals surface area contributed by atoms with E-state index in [0.29, 0.717) is 18.4 Å². The lowest BCUT2D eigenvalue weighted by Crippen LogP contribution is -2.35. The zero-order valence-electron chi connectivity index (χ0n) is 8.76. The summed E-state index contributed by atoms with van der Waals surface area (Å²) in [6.45, 7) is 0.276. The molecule has 1 aliphatic rings. The van der Waals surface area contributed by atoms with Crippen LogP contribution in [0.4, 0.5) is 8.78 Å². The highest BCUT2D eigenvalue weighted by molar-refractivity contribution is 5.32. The van der Waals surface area contributed by atoms with Crippen LogP contribution in [-0.2, 0) is 12.8 Å². The summed E-state index contributed by atoms with van der Waals surface area (Å²) in [6, 6.07) is 4.47. The Balaban J connectivity index is 2.17. The molecule has 0 spiro atoms. The Morgan fingerprint density at radius 3 is 3.00 bits per heavy atom. The van der Waals surface area contributed by atoms with Gasteiger partial charge in [-0.05, 0) is 36.5 Å². The molecular weight excluding hydrogens is 210 g/mol. The third-order valence-electron chi connectivity index (χ3n) is 2.93. The summed E-state index contributed by atoms with van der Waals surface area (Å²) in [5, 5.41) is 11.5. The molecule has 84 valence electrons. The van der Waals surface area contributed by atoms with Gasteiger partial charge in [-0.15, -0.1) is 0 Å². The summed E-state index contributed by atoms with van der Waals surface area (Å²) in [4.78, 5) is 0. The highest BCUT2D eigenvalue weighted by atomic mass is 19.1. The fourth-order valence-corrected chi connectivity index (χ4v) is 2.17. The van der Waals surface area contributed by atoms with E-state index in [4.69, 9.17) is 5.26 Å². The summed E-state index contributed by atoms with van der Waals surface area (Å²) >= 11 is 0. The summed E-state index contributed by atoms with van der Waals surface area (Å²) in [5.74, 6) is -0.981. The number of halogens is 2. The third kappa shape index (κ3) is 2.20. The molecule has 1 aliphatic carbocycles. The van der Waals surface area contributed by atoms with Gasteiger partial charge in [-0.2, -0.15) is 5.26 Å². The van der Waals surface area contributed by atoms with Crippen molar-refractivity contribution < 1.29 is 8.78 Å². The van der Waals surface area contributed by atoms with Crippen molar-refractivity contribution in [2.24, 2.45) is 0 Å². The highest BCUT2D eigenvalue weighted by Gasteiger charge is 2.21. The maximum Gasteiger partial charge on any atom is 0.129 e. The minimum atomic E-state index is -0.530. The van der Waals surface area contributed by atoms with Crippen molar-refractivity contribution in [2.75, 3.05) is 6.54 Å². The molecule has 0 amide bonds. The molecule has 0 aromatic heterocycles. The summed E-state index contributed by atoms with van der Waals surface area (Å²) in [6.07, 6.45) is 1.98. The summed E-state index contributed by atoms with van der Waals surface area (Å²) < 4.78 is 26.4. The number of nitriles is 1. The molecule has 0 fully saturated rings. The van der Waals surface area contributed by atoms with E-state index < -0.39 is 11.6 Å². The maximum atomic E-state index is 13.4. The monoisotopic (exact) mass is 222 g/mol. The molecule has 1 atom stereocenters. The molecule has 1 unspecified atom stereocenters. The molecule has 4 heteroatoms. The van der Waals surface area contributed by atoms with Crippen LogP contribution in [0.1, 0.15) is 17.5 Å². The van der Waals surface area contributed by atoms with Gasteiger partial charge < -0.3 is 5.32 Å². The highest BCUT2D eigenvalue weighted by Crippen LogP contribution is 2.25. The molecule has 0 saturated heterocycles. The Morgan fingerprint density at radius 2 is 2.25 bits per heavy atom. The van der Waals surface area contributed by atoms with Gasteiger partial charge in [0.25, 0.3) is 0 Å². The average molecular weight is 222 g/mol. The Kier molecular flexibility index (Phi) is 3.16. The first-order valence-corrected chi connectivity index (χ1v) is 5.28. The predicted molar refractivity (Wildman–Crippen MR) is 55.8 cm³/mol. The van der Waals surface area contributed by atoms with Gasteiger partial charge in [0, 0.05) is 12.1 Å². The molecule has 1 N–H and O–H groups in total. The SMILES string of the molecule is N#CCNC1CCc2c(F)cc(F)cc2C1. The zero-order valence-corrected chi connectivity index (χ0v) is 8.76. The number of hydrogen-bond acceptors (Lipinski definition) is 2. The van der Waals surface area contributed by atoms with Gasteiger partial charge in [-0.3, -0.25) is 0 Å². The van der Waals surface area contributed by atoms with Crippen molar-refractivity contribution in [3.63, 3.8) is 0 Å². The number of nitrogens with zero attached hydrogens (tertiary/aromatic N) is 1. The second-order valence-corrected chi connectivity index (χ2v) is 4.00. The number of hydrogen-bond donors (Lipinski definition) is 1. The smallest absolute Gasteiger partial charge is 0.129 e. The van der Waals surface area contributed by atoms with Gasteiger partial charge in [0.15, 0.2) is 0 Å². The van der Waals surface area contributed by atoms with Gasteiger partial charge in [-0.1, -0.05) is 0 Å². The molecular formula is C12H12F2N2. The standard InChI is InChI=1S/C12H12F2N2/c13-9-5-8-6-10(16-4-3-15)1-2-11(8)12(14)7-9/h5,7,10,16H,1-2,4,6H2. The molecule has 0 saturated carbocycles. The van der Waals surface area contributed by atoms with Crippen molar-refractivity contribution >= 4 is 0 Å². The molecule has 2 nitrogen and oxygen atoms in total. The average Bonchev–Trinajstić information content (AvgIpc) is 2.25. The second kappa shape index (κ2) is 4.58. The first-order chi connectivity index (χ1) is 7.70. The van der Waals surface area contributed by atoms with Crippen LogP contribution in [0.3, 0.4) is 0 Å². The van der Waals surface area contributed by atoms with Crippen LogP contribution in [0.15, 0.2) is 12.1 Å². The van der Waals surface area contributed by atoms with Crippen molar-refractivity contribution in [3.8, 4) is 6.07 Å². The number of nitrogens with one attached hydrogen (secondary N) is 1. The number of benzene rings is 1. The topological polar surface area (TPSA) is 35.8 Å². The van der Waals surface area contributed by atoms with Gasteiger partial charge in [-0.25, -0.2) is 8.78 Å². The van der Waals surface area contributed by atoms with Crippen LogP contribution in [0, 0.1) is 23.0 Å². The lowest BCUT2D eigenvalue weighted by atomic mass is 9.88. The second-order valence-electron chi connectivity index (χ2n) is 4.00. The largest absolute Gasteiger partial charge is 0.301 e.